The van der Waals surface area contributed by atoms with Crippen LogP contribution < -0.4 is 5.32 Å². The van der Waals surface area contributed by atoms with Crippen molar-refractivity contribution in [2.24, 2.45) is 0 Å². The molecule has 7 heteroatoms. The lowest BCUT2D eigenvalue weighted by molar-refractivity contribution is 0.385. The van der Waals surface area contributed by atoms with Gasteiger partial charge in [0.1, 0.15) is 10.7 Å². The van der Waals surface area contributed by atoms with Gasteiger partial charge in [-0.3, -0.25) is 0 Å². The summed E-state index contributed by atoms with van der Waals surface area (Å²) >= 11 is 1.65. The molecule has 1 heterocycles. The van der Waals surface area contributed by atoms with Crippen LogP contribution in [0.4, 0.5) is 5.82 Å². The van der Waals surface area contributed by atoms with E-state index in [0.29, 0.717) is 5.82 Å². The lowest BCUT2D eigenvalue weighted by Crippen LogP contribution is -2.38. The third kappa shape index (κ3) is 3.61. The highest BCUT2D eigenvalue weighted by Gasteiger charge is 2.29. The van der Waals surface area contributed by atoms with E-state index in [4.69, 9.17) is 0 Å². The zero-order valence-corrected chi connectivity index (χ0v) is 13.4. The van der Waals surface area contributed by atoms with E-state index in [1.807, 2.05) is 13.2 Å². The van der Waals surface area contributed by atoms with E-state index in [2.05, 4.69) is 10.3 Å². The molecule has 0 bridgehead atoms. The third-order valence-corrected chi connectivity index (χ3v) is 5.67. The Morgan fingerprint density at radius 1 is 1.53 bits per heavy atom. The molecular weight excluding hydrogens is 282 g/mol. The van der Waals surface area contributed by atoms with Gasteiger partial charge < -0.3 is 5.32 Å². The highest BCUT2D eigenvalue weighted by molar-refractivity contribution is 7.98. The minimum Gasteiger partial charge on any atom is -0.372 e. The van der Waals surface area contributed by atoms with Crippen LogP contribution in [0.1, 0.15) is 13.3 Å². The lowest BCUT2D eigenvalue weighted by Gasteiger charge is -2.26. The molecule has 0 aromatic carbocycles. The summed E-state index contributed by atoms with van der Waals surface area (Å²) < 4.78 is 26.7. The van der Waals surface area contributed by atoms with Crippen molar-refractivity contribution in [3.05, 3.63) is 18.3 Å². The number of rotatable bonds is 7. The summed E-state index contributed by atoms with van der Waals surface area (Å²) in [6.45, 7) is 2.00. The zero-order chi connectivity index (χ0) is 14.5. The Kier molecular flexibility index (Phi) is 6.09. The normalized spacial score (nSPS) is 13.5. The molecule has 0 aliphatic rings. The van der Waals surface area contributed by atoms with E-state index in [-0.39, 0.29) is 10.9 Å². The average Bonchev–Trinajstić information content (AvgIpc) is 2.43. The van der Waals surface area contributed by atoms with Crippen LogP contribution in [0.3, 0.4) is 0 Å². The van der Waals surface area contributed by atoms with Crippen molar-refractivity contribution in [1.82, 2.24) is 9.29 Å². The summed E-state index contributed by atoms with van der Waals surface area (Å²) in [7, 11) is -0.222. The molecule has 1 N–H and O–H groups in total. The first-order valence-electron chi connectivity index (χ1n) is 6.08. The summed E-state index contributed by atoms with van der Waals surface area (Å²) in [6, 6.07) is 3.21. The van der Waals surface area contributed by atoms with Gasteiger partial charge in [0.15, 0.2) is 0 Å². The highest BCUT2D eigenvalue weighted by atomic mass is 32.2. The van der Waals surface area contributed by atoms with E-state index < -0.39 is 10.0 Å². The molecule has 0 fully saturated rings. The van der Waals surface area contributed by atoms with Crippen LogP contribution in [0.25, 0.3) is 0 Å². The van der Waals surface area contributed by atoms with Crippen molar-refractivity contribution in [2.75, 3.05) is 31.4 Å². The molecule has 19 heavy (non-hydrogen) atoms. The molecule has 1 rings (SSSR count). The first-order chi connectivity index (χ1) is 8.98. The molecule has 0 saturated heterocycles. The molecule has 1 aromatic rings. The summed E-state index contributed by atoms with van der Waals surface area (Å²) in [6.07, 6.45) is 4.34. The van der Waals surface area contributed by atoms with Gasteiger partial charge in [-0.15, -0.1) is 0 Å². The number of anilines is 1. The van der Waals surface area contributed by atoms with Crippen molar-refractivity contribution in [1.29, 1.82) is 0 Å². The fourth-order valence-electron chi connectivity index (χ4n) is 1.81. The number of pyridine rings is 1. The molecule has 0 aliphatic heterocycles. The average molecular weight is 303 g/mol. The van der Waals surface area contributed by atoms with Gasteiger partial charge in [0.25, 0.3) is 0 Å². The van der Waals surface area contributed by atoms with Gasteiger partial charge in [-0.2, -0.15) is 16.1 Å². The molecule has 108 valence electrons. The van der Waals surface area contributed by atoms with Crippen molar-refractivity contribution in [3.8, 4) is 0 Å². The maximum Gasteiger partial charge on any atom is 0.246 e. The second-order valence-electron chi connectivity index (χ2n) is 4.14. The van der Waals surface area contributed by atoms with Crippen molar-refractivity contribution in [2.45, 2.75) is 24.3 Å². The molecule has 0 radical (unpaired) electrons. The second-order valence-corrected chi connectivity index (χ2v) is 7.02. The van der Waals surface area contributed by atoms with Crippen LogP contribution in [0.15, 0.2) is 23.2 Å². The maximum atomic E-state index is 12.6. The van der Waals surface area contributed by atoms with E-state index >= 15 is 0 Å². The first kappa shape index (κ1) is 16.3. The van der Waals surface area contributed by atoms with Gasteiger partial charge in [0, 0.05) is 32.1 Å². The molecule has 5 nitrogen and oxygen atoms in total. The second kappa shape index (κ2) is 7.12. The van der Waals surface area contributed by atoms with Crippen LogP contribution in [0, 0.1) is 0 Å². The van der Waals surface area contributed by atoms with Crippen molar-refractivity contribution < 1.29 is 8.42 Å². The topological polar surface area (TPSA) is 62.3 Å². The fourth-order valence-corrected chi connectivity index (χ4v) is 4.32. The highest BCUT2D eigenvalue weighted by Crippen LogP contribution is 2.24. The molecule has 1 aromatic heterocycles. The minimum atomic E-state index is -3.52. The number of thioether (sulfide) groups is 1. The summed E-state index contributed by atoms with van der Waals surface area (Å²) in [4.78, 5) is 4.28. The first-order valence-corrected chi connectivity index (χ1v) is 8.92. The Hall–Kier alpha value is -0.790. The number of nitrogens with one attached hydrogen (secondary N) is 1. The maximum absolute atomic E-state index is 12.6. The van der Waals surface area contributed by atoms with Gasteiger partial charge in [-0.1, -0.05) is 6.92 Å². The summed E-state index contributed by atoms with van der Waals surface area (Å²) in [5, 5.41) is 2.82. The Balaban J connectivity index is 3.15. The SMILES string of the molecule is CCC(CSC)N(C)S(=O)(=O)c1cccnc1NC. The molecular formula is C12H21N3O2S2. The Bertz CT molecular complexity index is 505. The smallest absolute Gasteiger partial charge is 0.246 e. The number of nitrogens with zero attached hydrogens (tertiary/aromatic N) is 2. The quantitative estimate of drug-likeness (QED) is 0.833. The zero-order valence-electron chi connectivity index (χ0n) is 11.8. The monoisotopic (exact) mass is 303 g/mol. The van der Waals surface area contributed by atoms with Crippen LogP contribution in [-0.2, 0) is 10.0 Å². The predicted molar refractivity (Wildman–Crippen MR) is 81.2 cm³/mol. The number of hydrogen-bond donors (Lipinski definition) is 1. The Labute approximate surface area is 119 Å². The lowest BCUT2D eigenvalue weighted by atomic mass is 10.3. The predicted octanol–water partition coefficient (Wildman–Crippen LogP) is 1.89. The standard InChI is InChI=1S/C12H21N3O2S2/c1-5-10(9-18-4)15(3)19(16,17)11-7-6-8-14-12(11)13-2/h6-8,10H,5,9H2,1-4H3,(H,13,14). The van der Waals surface area contributed by atoms with E-state index in [1.165, 1.54) is 4.31 Å². The van der Waals surface area contributed by atoms with Gasteiger partial charge in [-0.05, 0) is 24.8 Å². The van der Waals surface area contributed by atoms with Gasteiger partial charge in [0.2, 0.25) is 10.0 Å². The number of sulfonamides is 1. The fraction of sp³-hybridized carbons (Fsp3) is 0.583. The van der Waals surface area contributed by atoms with Crippen LogP contribution >= 0.6 is 11.8 Å². The molecule has 0 amide bonds. The third-order valence-electron chi connectivity index (χ3n) is 3.01. The molecule has 1 atom stereocenters. The van der Waals surface area contributed by atoms with Crippen LogP contribution in [-0.4, -0.2) is 49.9 Å². The molecule has 1 unspecified atom stereocenters. The van der Waals surface area contributed by atoms with Crippen molar-refractivity contribution in [3.63, 3.8) is 0 Å². The minimum absolute atomic E-state index is 0.00934. The number of aromatic nitrogens is 1. The van der Waals surface area contributed by atoms with Gasteiger partial charge in [-0.25, -0.2) is 13.4 Å². The summed E-state index contributed by atoms with van der Waals surface area (Å²) in [5.41, 5.74) is 0. The van der Waals surface area contributed by atoms with Crippen molar-refractivity contribution >= 4 is 27.6 Å². The summed E-state index contributed by atoms with van der Waals surface area (Å²) in [5.74, 6) is 1.16. The van der Waals surface area contributed by atoms with Crippen LogP contribution in [0.2, 0.25) is 0 Å². The van der Waals surface area contributed by atoms with E-state index in [0.717, 1.165) is 12.2 Å². The largest absolute Gasteiger partial charge is 0.372 e. The van der Waals surface area contributed by atoms with Crippen LogP contribution in [0.5, 0.6) is 0 Å². The molecule has 0 aliphatic carbocycles. The Morgan fingerprint density at radius 2 is 2.21 bits per heavy atom. The van der Waals surface area contributed by atoms with E-state index in [1.54, 1.807) is 44.2 Å². The van der Waals surface area contributed by atoms with Gasteiger partial charge >= 0.3 is 0 Å². The number of hydrogen-bond acceptors (Lipinski definition) is 5. The molecule has 0 saturated carbocycles. The van der Waals surface area contributed by atoms with E-state index in [9.17, 15) is 8.42 Å². The molecule has 0 spiro atoms. The Morgan fingerprint density at radius 3 is 2.74 bits per heavy atom. The van der Waals surface area contributed by atoms with Gasteiger partial charge in [0.05, 0.1) is 0 Å².